The summed E-state index contributed by atoms with van der Waals surface area (Å²) >= 11 is 0. The Hall–Kier alpha value is -3.07. The largest absolute Gasteiger partial charge is 0.495 e. The molecular weight excluding hydrogens is 350 g/mol. The Balaban J connectivity index is 2.44. The monoisotopic (exact) mass is 365 g/mol. The number of aromatic carboxylic acids is 1. The number of carboxylic acids is 1. The average molecular weight is 365 g/mol. The van der Waals surface area contributed by atoms with Gasteiger partial charge in [0.05, 0.1) is 25.3 Å². The molecule has 0 aliphatic heterocycles. The van der Waals surface area contributed by atoms with Gasteiger partial charge in [0, 0.05) is 5.69 Å². The minimum Gasteiger partial charge on any atom is -0.495 e. The van der Waals surface area contributed by atoms with Crippen LogP contribution in [0.5, 0.6) is 5.75 Å². The number of benzene rings is 2. The highest BCUT2D eigenvalue weighted by Crippen LogP contribution is 2.27. The summed E-state index contributed by atoms with van der Waals surface area (Å²) in [5, 5.41) is 9.05. The van der Waals surface area contributed by atoms with Crippen molar-refractivity contribution in [2.75, 3.05) is 18.9 Å². The van der Waals surface area contributed by atoms with Gasteiger partial charge < -0.3 is 14.6 Å². The number of carbonyl (C=O) groups excluding carboxylic acids is 1. The third kappa shape index (κ3) is 4.07. The number of sulfonamides is 1. The molecule has 0 amide bonds. The number of ether oxygens (including phenoxy) is 2. The van der Waals surface area contributed by atoms with E-state index in [-0.39, 0.29) is 27.5 Å². The van der Waals surface area contributed by atoms with Crippen molar-refractivity contribution in [1.82, 2.24) is 0 Å². The number of hydrogen-bond acceptors (Lipinski definition) is 6. The maximum atomic E-state index is 12.6. The molecule has 0 unspecified atom stereocenters. The zero-order chi connectivity index (χ0) is 18.6. The Bertz CT molecular complexity index is 922. The summed E-state index contributed by atoms with van der Waals surface area (Å²) in [4.78, 5) is 22.3. The van der Waals surface area contributed by atoms with Gasteiger partial charge in [0.15, 0.2) is 0 Å². The Morgan fingerprint density at radius 3 is 2.36 bits per heavy atom. The van der Waals surface area contributed by atoms with Crippen molar-refractivity contribution in [2.45, 2.75) is 4.90 Å². The molecule has 0 saturated heterocycles. The van der Waals surface area contributed by atoms with E-state index in [1.807, 2.05) is 0 Å². The normalized spacial score (nSPS) is 10.8. The van der Waals surface area contributed by atoms with Gasteiger partial charge >= 0.3 is 11.9 Å². The van der Waals surface area contributed by atoms with E-state index >= 15 is 0 Å². The fourth-order valence-corrected chi connectivity index (χ4v) is 3.30. The van der Waals surface area contributed by atoms with Crippen LogP contribution in [-0.4, -0.2) is 39.7 Å². The van der Waals surface area contributed by atoms with Gasteiger partial charge in [0.2, 0.25) is 0 Å². The maximum Gasteiger partial charge on any atom is 0.337 e. The third-order valence-electron chi connectivity index (χ3n) is 3.24. The number of rotatable bonds is 6. The first-order valence-corrected chi connectivity index (χ1v) is 8.39. The van der Waals surface area contributed by atoms with Crippen molar-refractivity contribution >= 4 is 27.6 Å². The molecule has 0 aliphatic rings. The second-order valence-electron chi connectivity index (χ2n) is 4.85. The molecule has 2 aromatic carbocycles. The summed E-state index contributed by atoms with van der Waals surface area (Å²) in [5.41, 5.74) is 0.0733. The number of methoxy groups -OCH3 is 2. The molecule has 0 fully saturated rings. The molecule has 2 rings (SSSR count). The van der Waals surface area contributed by atoms with Gasteiger partial charge in [0.25, 0.3) is 10.0 Å². The van der Waals surface area contributed by atoms with Crippen LogP contribution in [0.3, 0.4) is 0 Å². The lowest BCUT2D eigenvalue weighted by Crippen LogP contribution is -2.15. The van der Waals surface area contributed by atoms with Crippen LogP contribution in [0, 0.1) is 0 Å². The van der Waals surface area contributed by atoms with Crippen LogP contribution in [0.2, 0.25) is 0 Å². The van der Waals surface area contributed by atoms with Gasteiger partial charge in [-0.05, 0) is 36.4 Å². The Morgan fingerprint density at radius 1 is 1.04 bits per heavy atom. The lowest BCUT2D eigenvalue weighted by molar-refractivity contribution is 0.0600. The molecule has 0 spiro atoms. The summed E-state index contributed by atoms with van der Waals surface area (Å²) in [7, 11) is -1.67. The first-order chi connectivity index (χ1) is 11.8. The summed E-state index contributed by atoms with van der Waals surface area (Å²) in [5.74, 6) is -1.90. The van der Waals surface area contributed by atoms with E-state index in [0.29, 0.717) is 0 Å². The molecular formula is C16H15NO7S. The van der Waals surface area contributed by atoms with Gasteiger partial charge in [-0.15, -0.1) is 0 Å². The van der Waals surface area contributed by atoms with Gasteiger partial charge in [-0.25, -0.2) is 18.0 Å². The lowest BCUT2D eigenvalue weighted by Gasteiger charge is -2.12. The van der Waals surface area contributed by atoms with Crippen LogP contribution in [-0.2, 0) is 14.8 Å². The third-order valence-corrected chi connectivity index (χ3v) is 4.64. The fraction of sp³-hybridized carbons (Fsp3) is 0.125. The minimum atomic E-state index is -4.15. The van der Waals surface area contributed by atoms with Crippen LogP contribution in [0.15, 0.2) is 47.4 Å². The van der Waals surface area contributed by atoms with Crippen LogP contribution in [0.25, 0.3) is 0 Å². The van der Waals surface area contributed by atoms with Crippen molar-refractivity contribution in [3.05, 3.63) is 53.6 Å². The summed E-state index contributed by atoms with van der Waals surface area (Å²) in [6.07, 6.45) is 0. The fourth-order valence-electron chi connectivity index (χ4n) is 2.06. The lowest BCUT2D eigenvalue weighted by atomic mass is 10.2. The van der Waals surface area contributed by atoms with Crippen molar-refractivity contribution < 1.29 is 32.6 Å². The highest BCUT2D eigenvalue weighted by atomic mass is 32.2. The second-order valence-corrected chi connectivity index (χ2v) is 6.50. The molecule has 0 bridgehead atoms. The van der Waals surface area contributed by atoms with Crippen LogP contribution in [0.4, 0.5) is 5.69 Å². The Morgan fingerprint density at radius 2 is 1.76 bits per heavy atom. The van der Waals surface area contributed by atoms with E-state index in [0.717, 1.165) is 6.07 Å². The molecule has 2 N–H and O–H groups in total. The number of hydrogen-bond donors (Lipinski definition) is 2. The van der Waals surface area contributed by atoms with Gasteiger partial charge in [-0.1, -0.05) is 6.07 Å². The standard InChI is InChI=1S/C16H15NO7S/c1-23-13-7-6-10(15(18)19)9-14(13)25(21,22)17-12-5-3-4-11(8-12)16(20)24-2/h3-9,17H,1-2H3,(H,18,19). The molecule has 132 valence electrons. The van der Waals surface area contributed by atoms with E-state index < -0.39 is 22.0 Å². The second kappa shape index (κ2) is 7.22. The van der Waals surface area contributed by atoms with E-state index in [4.69, 9.17) is 9.84 Å². The predicted molar refractivity (Wildman–Crippen MR) is 88.5 cm³/mol. The summed E-state index contributed by atoms with van der Waals surface area (Å²) in [6.45, 7) is 0. The first-order valence-electron chi connectivity index (χ1n) is 6.91. The molecule has 0 aliphatic carbocycles. The van der Waals surface area contributed by atoms with Gasteiger partial charge in [0.1, 0.15) is 10.6 Å². The minimum absolute atomic E-state index is 0.0124. The van der Waals surface area contributed by atoms with E-state index in [9.17, 15) is 18.0 Å². The number of esters is 1. The number of carbonyl (C=O) groups is 2. The summed E-state index contributed by atoms with van der Waals surface area (Å²) < 4.78 is 37.1. The molecule has 8 nitrogen and oxygen atoms in total. The first kappa shape index (κ1) is 18.3. The van der Waals surface area contributed by atoms with Crippen LogP contribution >= 0.6 is 0 Å². The number of nitrogens with one attached hydrogen (secondary N) is 1. The SMILES string of the molecule is COC(=O)c1cccc(NS(=O)(=O)c2cc(C(=O)O)ccc2OC)c1. The zero-order valence-corrected chi connectivity index (χ0v) is 14.2. The molecule has 25 heavy (non-hydrogen) atoms. The zero-order valence-electron chi connectivity index (χ0n) is 13.3. The van der Waals surface area contributed by atoms with E-state index in [1.165, 1.54) is 50.6 Å². The maximum absolute atomic E-state index is 12.6. The Kier molecular flexibility index (Phi) is 5.28. The quantitative estimate of drug-likeness (QED) is 0.751. The number of carboxylic acid groups (broad SMARTS) is 1. The predicted octanol–water partition coefficient (Wildman–Crippen LogP) is 1.98. The van der Waals surface area contributed by atoms with Gasteiger partial charge in [-0.3, -0.25) is 4.72 Å². The van der Waals surface area contributed by atoms with E-state index in [2.05, 4.69) is 9.46 Å². The summed E-state index contributed by atoms with van der Waals surface area (Å²) in [6, 6.07) is 9.17. The van der Waals surface area contributed by atoms with Crippen LogP contribution < -0.4 is 9.46 Å². The molecule has 9 heteroatoms. The average Bonchev–Trinajstić information content (AvgIpc) is 2.60. The van der Waals surface area contributed by atoms with E-state index in [1.54, 1.807) is 0 Å². The molecule has 0 saturated carbocycles. The van der Waals surface area contributed by atoms with Crippen molar-refractivity contribution in [1.29, 1.82) is 0 Å². The Labute approximate surface area is 144 Å². The highest BCUT2D eigenvalue weighted by molar-refractivity contribution is 7.92. The van der Waals surface area contributed by atoms with Crippen molar-refractivity contribution in [2.24, 2.45) is 0 Å². The van der Waals surface area contributed by atoms with Crippen molar-refractivity contribution in [3.63, 3.8) is 0 Å². The molecule has 0 heterocycles. The topological polar surface area (TPSA) is 119 Å². The smallest absolute Gasteiger partial charge is 0.337 e. The molecule has 0 aromatic heterocycles. The molecule has 2 aromatic rings. The van der Waals surface area contributed by atoms with Crippen LogP contribution in [0.1, 0.15) is 20.7 Å². The molecule has 0 radical (unpaired) electrons. The molecule has 0 atom stereocenters. The highest BCUT2D eigenvalue weighted by Gasteiger charge is 2.22. The van der Waals surface area contributed by atoms with Gasteiger partial charge in [-0.2, -0.15) is 0 Å². The van der Waals surface area contributed by atoms with Crippen molar-refractivity contribution in [3.8, 4) is 5.75 Å². The number of anilines is 1.